The van der Waals surface area contributed by atoms with E-state index in [0.29, 0.717) is 24.5 Å². The highest BCUT2D eigenvalue weighted by molar-refractivity contribution is 5.79. The summed E-state index contributed by atoms with van der Waals surface area (Å²) in [5.74, 6) is 0.736. The second kappa shape index (κ2) is 7.25. The van der Waals surface area contributed by atoms with Gasteiger partial charge in [0.15, 0.2) is 0 Å². The van der Waals surface area contributed by atoms with Crippen molar-refractivity contribution in [3.8, 4) is 0 Å². The summed E-state index contributed by atoms with van der Waals surface area (Å²) in [6.45, 7) is 8.06. The molecule has 1 rings (SSSR count). The van der Waals surface area contributed by atoms with Gasteiger partial charge in [-0.2, -0.15) is 0 Å². The predicted octanol–water partition coefficient (Wildman–Crippen LogP) is 1.55. The van der Waals surface area contributed by atoms with Crippen molar-refractivity contribution in [3.05, 3.63) is 0 Å². The molecule has 112 valence electrons. The van der Waals surface area contributed by atoms with E-state index in [0.717, 1.165) is 25.8 Å². The highest BCUT2D eigenvalue weighted by Crippen LogP contribution is 2.22. The first-order valence-corrected chi connectivity index (χ1v) is 7.53. The number of carbonyl (C=O) groups excluding carboxylic acids is 1. The molecular weight excluding hydrogens is 238 g/mol. The highest BCUT2D eigenvalue weighted by Gasteiger charge is 2.30. The van der Waals surface area contributed by atoms with Gasteiger partial charge >= 0.3 is 0 Å². The molecule has 1 fully saturated rings. The van der Waals surface area contributed by atoms with Crippen LogP contribution in [0.15, 0.2) is 0 Å². The lowest BCUT2D eigenvalue weighted by Gasteiger charge is -2.40. The van der Waals surface area contributed by atoms with Crippen LogP contribution < -0.4 is 5.73 Å². The zero-order valence-corrected chi connectivity index (χ0v) is 13.2. The molecule has 0 aliphatic carbocycles. The summed E-state index contributed by atoms with van der Waals surface area (Å²) in [5.41, 5.74) is 5.78. The summed E-state index contributed by atoms with van der Waals surface area (Å²) in [6, 6.07) is 0.926. The fourth-order valence-electron chi connectivity index (χ4n) is 2.95. The molecule has 2 N–H and O–H groups in total. The number of piperidine rings is 1. The molecule has 0 bridgehead atoms. The third-order valence-electron chi connectivity index (χ3n) is 4.47. The molecule has 0 unspecified atom stereocenters. The molecule has 0 saturated carbocycles. The fraction of sp³-hybridized carbons (Fsp3) is 0.933. The number of likely N-dealkylation sites (tertiary alicyclic amines) is 1. The van der Waals surface area contributed by atoms with Crippen LogP contribution in [0.1, 0.15) is 40.0 Å². The van der Waals surface area contributed by atoms with E-state index in [-0.39, 0.29) is 11.8 Å². The first-order chi connectivity index (χ1) is 8.86. The average Bonchev–Trinajstić information content (AvgIpc) is 2.37. The van der Waals surface area contributed by atoms with Crippen molar-refractivity contribution >= 4 is 5.91 Å². The highest BCUT2D eigenvalue weighted by atomic mass is 16.2. The lowest BCUT2D eigenvalue weighted by Crippen LogP contribution is -2.50. The third-order valence-corrected chi connectivity index (χ3v) is 4.47. The number of hydrogen-bond acceptors (Lipinski definition) is 3. The third kappa shape index (κ3) is 4.46. The van der Waals surface area contributed by atoms with Gasteiger partial charge < -0.3 is 15.5 Å². The van der Waals surface area contributed by atoms with Gasteiger partial charge in [0, 0.05) is 32.2 Å². The quantitative estimate of drug-likeness (QED) is 0.824. The Labute approximate surface area is 118 Å². The Morgan fingerprint density at radius 3 is 2.58 bits per heavy atom. The average molecular weight is 269 g/mol. The Kier molecular flexibility index (Phi) is 6.27. The number of hydrogen-bond donors (Lipinski definition) is 1. The number of nitrogens with zero attached hydrogens (tertiary/aromatic N) is 2. The zero-order chi connectivity index (χ0) is 14.6. The first-order valence-electron chi connectivity index (χ1n) is 7.53. The molecule has 0 radical (unpaired) electrons. The van der Waals surface area contributed by atoms with Gasteiger partial charge in [-0.25, -0.2) is 0 Å². The molecule has 1 saturated heterocycles. The molecule has 19 heavy (non-hydrogen) atoms. The van der Waals surface area contributed by atoms with E-state index < -0.39 is 0 Å². The van der Waals surface area contributed by atoms with E-state index in [1.54, 1.807) is 0 Å². The lowest BCUT2D eigenvalue weighted by atomic mass is 9.93. The number of nitrogens with two attached hydrogens (primary N) is 1. The van der Waals surface area contributed by atoms with Crippen LogP contribution in [0.4, 0.5) is 0 Å². The summed E-state index contributed by atoms with van der Waals surface area (Å²) in [6.07, 6.45) is 3.03. The summed E-state index contributed by atoms with van der Waals surface area (Å²) in [4.78, 5) is 16.9. The van der Waals surface area contributed by atoms with Gasteiger partial charge in [0.25, 0.3) is 0 Å². The predicted molar refractivity (Wildman–Crippen MR) is 79.9 cm³/mol. The standard InChI is InChI=1S/C15H31N3O/c1-11(2)8-13(10-16)15(19)18(5)14-6-7-17(4)12(3)9-14/h11-14H,6-10,16H2,1-5H3/t12-,13+,14-/m0/s1. The van der Waals surface area contributed by atoms with E-state index in [9.17, 15) is 4.79 Å². The number of amides is 1. The van der Waals surface area contributed by atoms with Gasteiger partial charge in [0.1, 0.15) is 0 Å². The molecule has 4 nitrogen and oxygen atoms in total. The van der Waals surface area contributed by atoms with E-state index in [4.69, 9.17) is 5.73 Å². The Balaban J connectivity index is 2.60. The maximum Gasteiger partial charge on any atom is 0.226 e. The maximum atomic E-state index is 12.5. The second-order valence-corrected chi connectivity index (χ2v) is 6.52. The Bertz CT molecular complexity index is 293. The summed E-state index contributed by atoms with van der Waals surface area (Å²) in [7, 11) is 4.11. The van der Waals surface area contributed by atoms with Crippen LogP contribution in [0, 0.1) is 11.8 Å². The smallest absolute Gasteiger partial charge is 0.226 e. The zero-order valence-electron chi connectivity index (χ0n) is 13.2. The van der Waals surface area contributed by atoms with Crippen LogP contribution >= 0.6 is 0 Å². The minimum atomic E-state index is -0.0139. The second-order valence-electron chi connectivity index (χ2n) is 6.52. The van der Waals surface area contributed by atoms with Crippen molar-refractivity contribution in [2.75, 3.05) is 27.2 Å². The molecule has 1 amide bonds. The maximum absolute atomic E-state index is 12.5. The molecule has 3 atom stereocenters. The van der Waals surface area contributed by atoms with Crippen LogP contribution in [0.3, 0.4) is 0 Å². The molecule has 1 aliphatic heterocycles. The molecule has 1 heterocycles. The van der Waals surface area contributed by atoms with E-state index in [1.165, 1.54) is 0 Å². The topological polar surface area (TPSA) is 49.6 Å². The van der Waals surface area contributed by atoms with Gasteiger partial charge in [-0.05, 0) is 39.2 Å². The lowest BCUT2D eigenvalue weighted by molar-refractivity contribution is -0.137. The van der Waals surface area contributed by atoms with Crippen molar-refractivity contribution in [2.45, 2.75) is 52.1 Å². The van der Waals surface area contributed by atoms with Gasteiger partial charge in [-0.3, -0.25) is 4.79 Å². The van der Waals surface area contributed by atoms with Crippen molar-refractivity contribution in [1.82, 2.24) is 9.80 Å². The van der Waals surface area contributed by atoms with Crippen LogP contribution in [-0.4, -0.2) is 55.0 Å². The monoisotopic (exact) mass is 269 g/mol. The van der Waals surface area contributed by atoms with Crippen molar-refractivity contribution in [2.24, 2.45) is 17.6 Å². The molecule has 0 spiro atoms. The van der Waals surface area contributed by atoms with E-state index in [1.807, 2.05) is 11.9 Å². The van der Waals surface area contributed by atoms with E-state index >= 15 is 0 Å². The molecule has 4 heteroatoms. The van der Waals surface area contributed by atoms with Crippen molar-refractivity contribution < 1.29 is 4.79 Å². The largest absolute Gasteiger partial charge is 0.342 e. The minimum Gasteiger partial charge on any atom is -0.342 e. The van der Waals surface area contributed by atoms with Gasteiger partial charge in [-0.1, -0.05) is 13.8 Å². The SMILES string of the molecule is CC(C)C[C@H](CN)C(=O)N(C)[C@H]1CCN(C)[C@@H](C)C1. The molecule has 1 aliphatic rings. The van der Waals surface area contributed by atoms with Crippen LogP contribution in [0.25, 0.3) is 0 Å². The van der Waals surface area contributed by atoms with Crippen LogP contribution in [0.2, 0.25) is 0 Å². The van der Waals surface area contributed by atoms with Crippen LogP contribution in [-0.2, 0) is 4.79 Å². The fourth-order valence-corrected chi connectivity index (χ4v) is 2.95. The summed E-state index contributed by atoms with van der Waals surface area (Å²) in [5, 5.41) is 0. The van der Waals surface area contributed by atoms with Gasteiger partial charge in [0.2, 0.25) is 5.91 Å². The Morgan fingerprint density at radius 1 is 1.47 bits per heavy atom. The Hall–Kier alpha value is -0.610. The van der Waals surface area contributed by atoms with Gasteiger partial charge in [-0.15, -0.1) is 0 Å². The molecule has 0 aromatic heterocycles. The molecule has 0 aromatic rings. The summed E-state index contributed by atoms with van der Waals surface area (Å²) < 4.78 is 0. The number of rotatable bonds is 5. The Morgan fingerprint density at radius 2 is 2.11 bits per heavy atom. The summed E-state index contributed by atoms with van der Waals surface area (Å²) >= 11 is 0. The molecule has 0 aromatic carbocycles. The van der Waals surface area contributed by atoms with E-state index in [2.05, 4.69) is 32.7 Å². The molecular formula is C15H31N3O. The minimum absolute atomic E-state index is 0.0139. The normalized spacial score (nSPS) is 26.5. The van der Waals surface area contributed by atoms with Gasteiger partial charge in [0.05, 0.1) is 5.92 Å². The first kappa shape index (κ1) is 16.4. The van der Waals surface area contributed by atoms with Crippen molar-refractivity contribution in [1.29, 1.82) is 0 Å². The van der Waals surface area contributed by atoms with Crippen LogP contribution in [0.5, 0.6) is 0 Å². The number of carbonyl (C=O) groups is 1. The van der Waals surface area contributed by atoms with Crippen molar-refractivity contribution in [3.63, 3.8) is 0 Å².